The molecule has 1 aromatic carbocycles. The second-order valence-corrected chi connectivity index (χ2v) is 3.98. The lowest BCUT2D eigenvalue weighted by Crippen LogP contribution is -2.17. The van der Waals surface area contributed by atoms with Gasteiger partial charge in [0.15, 0.2) is 0 Å². The lowest BCUT2D eigenvalue weighted by atomic mass is 10.2. The number of carbonyl (C=O) groups excluding carboxylic acids is 1. The Kier molecular flexibility index (Phi) is 2.38. The van der Waals surface area contributed by atoms with E-state index in [1.807, 2.05) is 0 Å². The summed E-state index contributed by atoms with van der Waals surface area (Å²) in [5.74, 6) is -0.420. The van der Waals surface area contributed by atoms with Gasteiger partial charge in [0.25, 0.3) is 11.5 Å². The van der Waals surface area contributed by atoms with Crippen LogP contribution >= 0.6 is 0 Å². The van der Waals surface area contributed by atoms with E-state index in [2.05, 4.69) is 15.1 Å². The number of rotatable bonds is 1. The number of hydrogen-bond donors (Lipinski definition) is 2. The number of H-pyrrole nitrogens is 1. The molecule has 0 amide bonds. The Morgan fingerprint density at radius 1 is 1.32 bits per heavy atom. The third-order valence-electron chi connectivity index (χ3n) is 2.68. The van der Waals surface area contributed by atoms with E-state index in [0.717, 1.165) is 11.6 Å². The van der Waals surface area contributed by atoms with E-state index < -0.39 is 5.91 Å². The van der Waals surface area contributed by atoms with Crippen molar-refractivity contribution in [3.8, 4) is 0 Å². The molecule has 0 aliphatic heterocycles. The predicted molar refractivity (Wildman–Crippen MR) is 68.7 cm³/mol. The lowest BCUT2D eigenvalue weighted by Gasteiger charge is -2.01. The summed E-state index contributed by atoms with van der Waals surface area (Å²) in [6.07, 6.45) is 3.86. The minimum absolute atomic E-state index is 0.112. The van der Waals surface area contributed by atoms with Crippen molar-refractivity contribution in [2.24, 2.45) is 0 Å². The molecule has 7 nitrogen and oxygen atoms in total. The first-order valence-electron chi connectivity index (χ1n) is 5.48. The van der Waals surface area contributed by atoms with Gasteiger partial charge in [0.05, 0.1) is 17.9 Å². The van der Waals surface area contributed by atoms with E-state index in [0.29, 0.717) is 11.2 Å². The van der Waals surface area contributed by atoms with Crippen molar-refractivity contribution in [1.29, 1.82) is 0 Å². The van der Waals surface area contributed by atoms with Crippen molar-refractivity contribution >= 4 is 22.5 Å². The van der Waals surface area contributed by atoms with Gasteiger partial charge in [-0.25, -0.2) is 4.98 Å². The first-order valence-corrected chi connectivity index (χ1v) is 5.48. The third kappa shape index (κ3) is 1.86. The zero-order valence-electron chi connectivity index (χ0n) is 9.70. The normalized spacial score (nSPS) is 10.7. The van der Waals surface area contributed by atoms with Crippen molar-refractivity contribution in [3.05, 3.63) is 52.8 Å². The smallest absolute Gasteiger partial charge is 0.298 e. The van der Waals surface area contributed by atoms with Crippen LogP contribution in [0.15, 0.2) is 41.6 Å². The highest BCUT2D eigenvalue weighted by atomic mass is 16.2. The van der Waals surface area contributed by atoms with E-state index in [1.54, 1.807) is 24.4 Å². The highest BCUT2D eigenvalue weighted by Gasteiger charge is 2.14. The third-order valence-corrected chi connectivity index (χ3v) is 2.68. The summed E-state index contributed by atoms with van der Waals surface area (Å²) in [6, 6.07) is 5.13. The van der Waals surface area contributed by atoms with Crippen molar-refractivity contribution in [2.75, 3.05) is 5.73 Å². The Bertz CT molecular complexity index is 813. The molecule has 19 heavy (non-hydrogen) atoms. The molecule has 3 aromatic rings. The minimum Gasteiger partial charge on any atom is -0.399 e. The molecule has 7 heteroatoms. The van der Waals surface area contributed by atoms with Crippen molar-refractivity contribution < 1.29 is 4.79 Å². The fourth-order valence-corrected chi connectivity index (χ4v) is 1.78. The van der Waals surface area contributed by atoms with Crippen LogP contribution in [0.5, 0.6) is 0 Å². The van der Waals surface area contributed by atoms with Gasteiger partial charge in [-0.1, -0.05) is 0 Å². The molecule has 0 fully saturated rings. The standard InChI is InChI=1S/C12H9N5O2/c13-8-1-2-10-7(3-8)4-16-17(10)12(19)9-5-15-11(18)6-14-9/h1-6H,13H2,(H,15,18). The number of nitrogen functional groups attached to an aromatic ring is 1. The molecule has 0 saturated carbocycles. The Hall–Kier alpha value is -2.96. The van der Waals surface area contributed by atoms with Gasteiger partial charge in [-0.3, -0.25) is 9.59 Å². The topological polar surface area (TPSA) is 107 Å². The number of nitrogens with one attached hydrogen (secondary N) is 1. The molecule has 0 spiro atoms. The van der Waals surface area contributed by atoms with Crippen LogP contribution in [-0.4, -0.2) is 25.7 Å². The van der Waals surface area contributed by atoms with Gasteiger partial charge in [-0.15, -0.1) is 0 Å². The number of benzene rings is 1. The molecule has 3 N–H and O–H groups in total. The maximum atomic E-state index is 12.2. The molecule has 2 aromatic heterocycles. The van der Waals surface area contributed by atoms with E-state index in [-0.39, 0.29) is 11.3 Å². The summed E-state index contributed by atoms with van der Waals surface area (Å²) in [5, 5.41) is 4.78. The van der Waals surface area contributed by atoms with Crippen LogP contribution in [0.3, 0.4) is 0 Å². The Labute approximate surface area is 106 Å². The van der Waals surface area contributed by atoms with Gasteiger partial charge < -0.3 is 10.7 Å². The summed E-state index contributed by atoms with van der Waals surface area (Å²) in [4.78, 5) is 29.3. The molecule has 2 heterocycles. The van der Waals surface area contributed by atoms with Crippen LogP contribution in [0, 0.1) is 0 Å². The molecule has 0 atom stereocenters. The second kappa shape index (κ2) is 4.05. The Balaban J connectivity index is 2.11. The molecular formula is C12H9N5O2. The molecule has 0 aliphatic rings. The molecule has 0 unspecified atom stereocenters. The fourth-order valence-electron chi connectivity index (χ4n) is 1.78. The largest absolute Gasteiger partial charge is 0.399 e. The number of aromatic amines is 1. The predicted octanol–water partition coefficient (Wildman–Crippen LogP) is 0.390. The number of carbonyl (C=O) groups is 1. The lowest BCUT2D eigenvalue weighted by molar-refractivity contribution is 0.0945. The molecule has 3 rings (SSSR count). The highest BCUT2D eigenvalue weighted by molar-refractivity contribution is 5.99. The van der Waals surface area contributed by atoms with Gasteiger partial charge in [0.1, 0.15) is 5.69 Å². The van der Waals surface area contributed by atoms with Crippen LogP contribution in [0.2, 0.25) is 0 Å². The maximum absolute atomic E-state index is 12.2. The molecule has 0 aliphatic carbocycles. The van der Waals surface area contributed by atoms with Gasteiger partial charge in [0, 0.05) is 17.3 Å². The second-order valence-electron chi connectivity index (χ2n) is 3.98. The summed E-state index contributed by atoms with van der Waals surface area (Å²) >= 11 is 0. The number of hydrogen-bond acceptors (Lipinski definition) is 5. The first kappa shape index (κ1) is 11.1. The monoisotopic (exact) mass is 255 g/mol. The molecule has 94 valence electrons. The zero-order chi connectivity index (χ0) is 13.4. The van der Waals surface area contributed by atoms with Crippen LogP contribution in [0.25, 0.3) is 10.9 Å². The number of nitrogens with two attached hydrogens (primary N) is 1. The van der Waals surface area contributed by atoms with E-state index in [1.165, 1.54) is 10.9 Å². The quantitative estimate of drug-likeness (QED) is 0.612. The molecule has 0 radical (unpaired) electrons. The van der Waals surface area contributed by atoms with Gasteiger partial charge in [-0.05, 0) is 18.2 Å². The molecule has 0 bridgehead atoms. The van der Waals surface area contributed by atoms with E-state index >= 15 is 0 Å². The average Bonchev–Trinajstić information content (AvgIpc) is 2.81. The first-order chi connectivity index (χ1) is 9.15. The summed E-state index contributed by atoms with van der Waals surface area (Å²) < 4.78 is 1.22. The van der Waals surface area contributed by atoms with Gasteiger partial charge in [-0.2, -0.15) is 9.78 Å². The number of aromatic nitrogens is 4. The average molecular weight is 255 g/mol. The van der Waals surface area contributed by atoms with Crippen LogP contribution in [0.4, 0.5) is 5.69 Å². The maximum Gasteiger partial charge on any atom is 0.298 e. The van der Waals surface area contributed by atoms with Crippen LogP contribution in [0.1, 0.15) is 10.5 Å². The van der Waals surface area contributed by atoms with Crippen LogP contribution in [-0.2, 0) is 0 Å². The summed E-state index contributed by atoms with van der Waals surface area (Å²) in [5.41, 5.74) is 6.64. The summed E-state index contributed by atoms with van der Waals surface area (Å²) in [6.45, 7) is 0. The van der Waals surface area contributed by atoms with Gasteiger partial charge in [0.2, 0.25) is 0 Å². The minimum atomic E-state index is -0.420. The van der Waals surface area contributed by atoms with E-state index in [9.17, 15) is 9.59 Å². The number of nitrogens with zero attached hydrogens (tertiary/aromatic N) is 3. The highest BCUT2D eigenvalue weighted by Crippen LogP contribution is 2.17. The SMILES string of the molecule is Nc1ccc2c(cnn2C(=O)c2c[nH]c(=O)cn2)c1. The van der Waals surface area contributed by atoms with Crippen molar-refractivity contribution in [2.45, 2.75) is 0 Å². The molecule has 0 saturated heterocycles. The fraction of sp³-hybridized carbons (Fsp3) is 0. The summed E-state index contributed by atoms with van der Waals surface area (Å²) in [7, 11) is 0. The van der Waals surface area contributed by atoms with Crippen molar-refractivity contribution in [3.63, 3.8) is 0 Å². The van der Waals surface area contributed by atoms with Gasteiger partial charge >= 0.3 is 0 Å². The number of anilines is 1. The zero-order valence-corrected chi connectivity index (χ0v) is 9.70. The van der Waals surface area contributed by atoms with Crippen molar-refractivity contribution in [1.82, 2.24) is 19.7 Å². The molecular weight excluding hydrogens is 246 g/mol. The Morgan fingerprint density at radius 2 is 2.16 bits per heavy atom. The Morgan fingerprint density at radius 3 is 2.89 bits per heavy atom. The van der Waals surface area contributed by atoms with E-state index in [4.69, 9.17) is 5.73 Å². The van der Waals surface area contributed by atoms with Crippen LogP contribution < -0.4 is 11.3 Å². The number of fused-ring (bicyclic) bond motifs is 1.